The highest BCUT2D eigenvalue weighted by Crippen LogP contribution is 2.29. The number of fused-ring (bicyclic) bond motifs is 1. The van der Waals surface area contributed by atoms with Gasteiger partial charge in [-0.1, -0.05) is 6.07 Å². The van der Waals surface area contributed by atoms with Crippen molar-refractivity contribution < 1.29 is 27.4 Å². The number of hydrogen-bond donors (Lipinski definition) is 1. The number of nitrogens with one attached hydrogen (secondary N) is 1. The van der Waals surface area contributed by atoms with Crippen LogP contribution in [0.3, 0.4) is 0 Å². The Hall–Kier alpha value is -3.29. The molecule has 3 aromatic rings. The third-order valence-corrected chi connectivity index (χ3v) is 4.36. The van der Waals surface area contributed by atoms with E-state index in [1.165, 1.54) is 25.3 Å². The summed E-state index contributed by atoms with van der Waals surface area (Å²) < 4.78 is 47.6. The number of carbonyl (C=O) groups excluding carboxylic acids is 1. The van der Waals surface area contributed by atoms with Crippen LogP contribution in [0.1, 0.15) is 21.6 Å². The van der Waals surface area contributed by atoms with Crippen LogP contribution >= 0.6 is 0 Å². The number of pyridine rings is 1. The zero-order valence-electron chi connectivity index (χ0n) is 15.8. The maximum atomic E-state index is 13.3. The second-order valence-electron chi connectivity index (χ2n) is 6.33. The van der Waals surface area contributed by atoms with Crippen LogP contribution < -0.4 is 14.8 Å². The Bertz CT molecular complexity index is 1040. The van der Waals surface area contributed by atoms with E-state index in [2.05, 4.69) is 15.0 Å². The summed E-state index contributed by atoms with van der Waals surface area (Å²) in [7, 11) is 1.36. The van der Waals surface area contributed by atoms with Crippen LogP contribution in [-0.2, 0) is 6.42 Å². The molecular weight excluding hydrogens is 385 g/mol. The Morgan fingerprint density at radius 1 is 1.14 bits per heavy atom. The molecule has 3 rings (SSSR count). The monoisotopic (exact) mass is 404 g/mol. The third-order valence-electron chi connectivity index (χ3n) is 4.36. The summed E-state index contributed by atoms with van der Waals surface area (Å²) in [6, 6.07) is 10.5. The highest BCUT2D eigenvalue weighted by molar-refractivity contribution is 5.98. The van der Waals surface area contributed by atoms with Gasteiger partial charge < -0.3 is 14.8 Å². The maximum absolute atomic E-state index is 13.3. The number of methoxy groups -OCH3 is 1. The van der Waals surface area contributed by atoms with E-state index in [0.717, 1.165) is 5.56 Å². The maximum Gasteiger partial charge on any atom is 0.387 e. The molecule has 0 atom stereocenters. The van der Waals surface area contributed by atoms with Crippen LogP contribution in [0.5, 0.6) is 11.5 Å². The minimum Gasteiger partial charge on any atom is -0.493 e. The average molecular weight is 404 g/mol. The molecule has 0 radical (unpaired) electrons. The van der Waals surface area contributed by atoms with Crippen molar-refractivity contribution in [3.05, 3.63) is 65.1 Å². The number of aryl methyl sites for hydroxylation is 1. The van der Waals surface area contributed by atoms with Gasteiger partial charge in [-0.2, -0.15) is 8.78 Å². The molecular formula is C21H19F3N2O3. The van der Waals surface area contributed by atoms with Crippen molar-refractivity contribution in [2.24, 2.45) is 0 Å². The Morgan fingerprint density at radius 2 is 1.93 bits per heavy atom. The predicted octanol–water partition coefficient (Wildman–Crippen LogP) is 4.26. The van der Waals surface area contributed by atoms with E-state index in [-0.39, 0.29) is 23.2 Å². The van der Waals surface area contributed by atoms with E-state index in [9.17, 15) is 18.0 Å². The summed E-state index contributed by atoms with van der Waals surface area (Å²) in [6.07, 6.45) is 0.461. The van der Waals surface area contributed by atoms with E-state index in [4.69, 9.17) is 4.74 Å². The van der Waals surface area contributed by atoms with Crippen LogP contribution in [0.4, 0.5) is 13.2 Å². The number of aromatic nitrogens is 1. The fourth-order valence-electron chi connectivity index (χ4n) is 2.94. The second-order valence-corrected chi connectivity index (χ2v) is 6.33. The summed E-state index contributed by atoms with van der Waals surface area (Å²) >= 11 is 0. The van der Waals surface area contributed by atoms with E-state index in [1.807, 2.05) is 0 Å². The summed E-state index contributed by atoms with van der Waals surface area (Å²) in [6.45, 7) is -0.937. The lowest BCUT2D eigenvalue weighted by Gasteiger charge is -2.12. The first-order valence-electron chi connectivity index (χ1n) is 8.84. The number of amides is 1. The molecule has 2 aromatic carbocycles. The molecule has 0 spiro atoms. The van der Waals surface area contributed by atoms with Crippen LogP contribution in [-0.4, -0.2) is 31.2 Å². The summed E-state index contributed by atoms with van der Waals surface area (Å²) in [5.74, 6) is -0.548. The van der Waals surface area contributed by atoms with Crippen molar-refractivity contribution in [3.8, 4) is 11.5 Å². The van der Waals surface area contributed by atoms with Gasteiger partial charge in [-0.3, -0.25) is 9.78 Å². The van der Waals surface area contributed by atoms with E-state index >= 15 is 0 Å². The lowest BCUT2D eigenvalue weighted by molar-refractivity contribution is -0.0512. The zero-order chi connectivity index (χ0) is 21.0. The van der Waals surface area contributed by atoms with Crippen molar-refractivity contribution in [1.29, 1.82) is 0 Å². The number of carbonyl (C=O) groups is 1. The number of benzene rings is 2. The number of alkyl halides is 2. The first-order valence-corrected chi connectivity index (χ1v) is 8.84. The van der Waals surface area contributed by atoms with Gasteiger partial charge in [0, 0.05) is 18.0 Å². The third kappa shape index (κ3) is 4.96. The number of nitrogens with zero attached hydrogens (tertiary/aromatic N) is 1. The largest absolute Gasteiger partial charge is 0.493 e. The smallest absolute Gasteiger partial charge is 0.387 e. The molecule has 0 saturated heterocycles. The van der Waals surface area contributed by atoms with E-state index in [1.54, 1.807) is 31.2 Å². The number of hydrogen-bond acceptors (Lipinski definition) is 4. The number of ether oxygens (including phenoxy) is 2. The normalized spacial score (nSPS) is 11.0. The Morgan fingerprint density at radius 3 is 2.66 bits per heavy atom. The minimum absolute atomic E-state index is 0.0513. The zero-order valence-corrected chi connectivity index (χ0v) is 15.8. The van der Waals surface area contributed by atoms with Gasteiger partial charge in [-0.15, -0.1) is 0 Å². The summed E-state index contributed by atoms with van der Waals surface area (Å²) in [5, 5.41) is 3.47. The topological polar surface area (TPSA) is 60.5 Å². The Labute approximate surface area is 165 Å². The molecule has 5 nitrogen and oxygen atoms in total. The van der Waals surface area contributed by atoms with Gasteiger partial charge in [-0.05, 0) is 49.2 Å². The lowest BCUT2D eigenvalue weighted by atomic mass is 10.1. The van der Waals surface area contributed by atoms with Gasteiger partial charge in [0.15, 0.2) is 11.5 Å². The van der Waals surface area contributed by atoms with Gasteiger partial charge in [0.05, 0.1) is 23.9 Å². The van der Waals surface area contributed by atoms with Gasteiger partial charge in [-0.25, -0.2) is 4.39 Å². The van der Waals surface area contributed by atoms with Gasteiger partial charge >= 0.3 is 6.61 Å². The van der Waals surface area contributed by atoms with Crippen molar-refractivity contribution in [2.45, 2.75) is 20.0 Å². The number of halogens is 3. The van der Waals surface area contributed by atoms with Gasteiger partial charge in [0.2, 0.25) is 0 Å². The van der Waals surface area contributed by atoms with Crippen molar-refractivity contribution in [2.75, 3.05) is 13.7 Å². The van der Waals surface area contributed by atoms with Crippen LogP contribution in [0.15, 0.2) is 42.5 Å². The minimum atomic E-state index is -2.94. The molecule has 1 amide bonds. The molecule has 1 N–H and O–H groups in total. The predicted molar refractivity (Wildman–Crippen MR) is 102 cm³/mol. The lowest BCUT2D eigenvalue weighted by Crippen LogP contribution is -2.26. The standard InChI is InChI=1S/C21H19F3N2O3/c1-12-16(10-14-4-5-15(22)11-17(14)26-12)20(27)25-8-7-13-3-6-18(29-21(23)24)19(9-13)28-2/h3-6,9-11,21H,7-8H2,1-2H3,(H,25,27). The molecule has 0 aliphatic carbocycles. The van der Waals surface area contributed by atoms with E-state index in [0.29, 0.717) is 35.1 Å². The molecule has 8 heteroatoms. The highest BCUT2D eigenvalue weighted by Gasteiger charge is 2.13. The molecule has 1 heterocycles. The van der Waals surface area contributed by atoms with Crippen molar-refractivity contribution in [1.82, 2.24) is 10.3 Å². The SMILES string of the molecule is COc1cc(CCNC(=O)c2cc3ccc(F)cc3nc2C)ccc1OC(F)F. The van der Waals surface area contributed by atoms with Gasteiger partial charge in [0.1, 0.15) is 5.82 Å². The van der Waals surface area contributed by atoms with Crippen LogP contribution in [0.25, 0.3) is 10.9 Å². The molecule has 0 fully saturated rings. The van der Waals surface area contributed by atoms with Gasteiger partial charge in [0.25, 0.3) is 5.91 Å². The Kier molecular flexibility index (Phi) is 6.21. The first kappa shape index (κ1) is 20.4. The summed E-state index contributed by atoms with van der Waals surface area (Å²) in [4.78, 5) is 16.8. The molecule has 152 valence electrons. The van der Waals surface area contributed by atoms with Crippen molar-refractivity contribution >= 4 is 16.8 Å². The van der Waals surface area contributed by atoms with E-state index < -0.39 is 6.61 Å². The molecule has 0 saturated carbocycles. The summed E-state index contributed by atoms with van der Waals surface area (Å²) in [5.41, 5.74) is 2.17. The fourth-order valence-corrected chi connectivity index (χ4v) is 2.94. The first-order chi connectivity index (χ1) is 13.9. The molecule has 0 bridgehead atoms. The van der Waals surface area contributed by atoms with Crippen LogP contribution in [0, 0.1) is 12.7 Å². The fraction of sp³-hybridized carbons (Fsp3) is 0.238. The highest BCUT2D eigenvalue weighted by atomic mass is 19.3. The van der Waals surface area contributed by atoms with Crippen LogP contribution in [0.2, 0.25) is 0 Å². The van der Waals surface area contributed by atoms with Crippen molar-refractivity contribution in [3.63, 3.8) is 0 Å². The quantitative estimate of drug-likeness (QED) is 0.639. The molecule has 0 aliphatic heterocycles. The number of rotatable bonds is 7. The second kappa shape index (κ2) is 8.81. The molecule has 29 heavy (non-hydrogen) atoms. The molecule has 0 aliphatic rings. The Balaban J connectivity index is 1.66. The molecule has 0 unspecified atom stereocenters. The average Bonchev–Trinajstić information content (AvgIpc) is 2.67. The molecule has 1 aromatic heterocycles.